The lowest BCUT2D eigenvalue weighted by molar-refractivity contribution is 0.0155. The van der Waals surface area contributed by atoms with Gasteiger partial charge < -0.3 is 9.64 Å². The molecule has 2 heterocycles. The highest BCUT2D eigenvalue weighted by Crippen LogP contribution is 2.35. The van der Waals surface area contributed by atoms with Crippen molar-refractivity contribution in [3.05, 3.63) is 16.1 Å². The molecule has 1 fully saturated rings. The van der Waals surface area contributed by atoms with Crippen LogP contribution in [0.5, 0.6) is 0 Å². The predicted molar refractivity (Wildman–Crippen MR) is 86.0 cm³/mol. The van der Waals surface area contributed by atoms with E-state index in [1.807, 2.05) is 31.1 Å². The Bertz CT molecular complexity index is 498. The first kappa shape index (κ1) is 16.6. The van der Waals surface area contributed by atoms with E-state index >= 15 is 0 Å². The molecular formula is C15H23ClN2O2S. The van der Waals surface area contributed by atoms with Crippen molar-refractivity contribution in [2.75, 3.05) is 13.1 Å². The van der Waals surface area contributed by atoms with Gasteiger partial charge in [-0.25, -0.2) is 9.78 Å². The van der Waals surface area contributed by atoms with Gasteiger partial charge in [0.15, 0.2) is 0 Å². The topological polar surface area (TPSA) is 42.4 Å². The van der Waals surface area contributed by atoms with Crippen LogP contribution in [0.25, 0.3) is 0 Å². The van der Waals surface area contributed by atoms with Crippen LogP contribution in [0, 0.1) is 5.92 Å². The summed E-state index contributed by atoms with van der Waals surface area (Å²) in [5.41, 5.74) is 0.500. The molecule has 0 bridgehead atoms. The minimum absolute atomic E-state index is 0.214. The van der Waals surface area contributed by atoms with Gasteiger partial charge in [-0.15, -0.1) is 22.9 Å². The van der Waals surface area contributed by atoms with Crippen molar-refractivity contribution in [2.45, 2.75) is 51.5 Å². The van der Waals surface area contributed by atoms with Crippen LogP contribution >= 0.6 is 22.9 Å². The summed E-state index contributed by atoms with van der Waals surface area (Å²) in [5, 5.41) is 3.16. The van der Waals surface area contributed by atoms with Crippen molar-refractivity contribution in [1.29, 1.82) is 0 Å². The maximum absolute atomic E-state index is 12.1. The summed E-state index contributed by atoms with van der Waals surface area (Å²) >= 11 is 7.49. The quantitative estimate of drug-likeness (QED) is 0.761. The number of ether oxygens (including phenoxy) is 1. The second kappa shape index (κ2) is 6.53. The standard InChI is InChI=1S/C15H23ClN2O2S/c1-10-8-18(14(19)20-15(2,3)4)6-5-12(10)13-17-11(7-16)9-21-13/h9-10,12H,5-8H2,1-4H3. The summed E-state index contributed by atoms with van der Waals surface area (Å²) in [5.74, 6) is 1.24. The van der Waals surface area contributed by atoms with Crippen molar-refractivity contribution < 1.29 is 9.53 Å². The van der Waals surface area contributed by atoms with Gasteiger partial charge in [0.1, 0.15) is 5.60 Å². The lowest BCUT2D eigenvalue weighted by Crippen LogP contribution is -2.44. The monoisotopic (exact) mass is 330 g/mol. The Morgan fingerprint density at radius 2 is 2.29 bits per heavy atom. The molecule has 0 radical (unpaired) electrons. The molecule has 0 N–H and O–H groups in total. The molecule has 0 aliphatic carbocycles. The predicted octanol–water partition coefficient (Wildman–Crippen LogP) is 4.24. The van der Waals surface area contributed by atoms with Crippen molar-refractivity contribution in [2.24, 2.45) is 5.92 Å². The molecule has 0 spiro atoms. The molecule has 1 aromatic heterocycles. The van der Waals surface area contributed by atoms with Crippen LogP contribution in [-0.2, 0) is 10.6 Å². The fourth-order valence-corrected chi connectivity index (χ4v) is 3.88. The third-order valence-corrected chi connectivity index (χ3v) is 4.88. The fourth-order valence-electron chi connectivity index (χ4n) is 2.56. The number of aromatic nitrogens is 1. The molecule has 1 aliphatic rings. The van der Waals surface area contributed by atoms with Crippen LogP contribution < -0.4 is 0 Å². The largest absolute Gasteiger partial charge is 0.444 e. The van der Waals surface area contributed by atoms with Crippen molar-refractivity contribution in [1.82, 2.24) is 9.88 Å². The average Bonchev–Trinajstić information content (AvgIpc) is 2.85. The van der Waals surface area contributed by atoms with Crippen LogP contribution in [0.4, 0.5) is 4.79 Å². The van der Waals surface area contributed by atoms with Crippen molar-refractivity contribution in [3.8, 4) is 0 Å². The highest BCUT2D eigenvalue weighted by atomic mass is 35.5. The number of halogens is 1. The minimum Gasteiger partial charge on any atom is -0.444 e. The van der Waals surface area contributed by atoms with E-state index in [4.69, 9.17) is 16.3 Å². The smallest absolute Gasteiger partial charge is 0.410 e. The number of thiazole rings is 1. The molecule has 2 rings (SSSR count). The van der Waals surface area contributed by atoms with Gasteiger partial charge in [-0.1, -0.05) is 6.92 Å². The molecule has 1 aliphatic heterocycles. The van der Waals surface area contributed by atoms with Crippen LogP contribution in [0.2, 0.25) is 0 Å². The second-order valence-corrected chi connectivity index (χ2v) is 7.77. The number of carbonyl (C=O) groups is 1. The summed E-state index contributed by atoms with van der Waals surface area (Å²) in [6.45, 7) is 9.29. The zero-order valence-corrected chi connectivity index (χ0v) is 14.6. The zero-order valence-electron chi connectivity index (χ0n) is 13.1. The van der Waals surface area contributed by atoms with Crippen LogP contribution in [-0.4, -0.2) is 34.7 Å². The van der Waals surface area contributed by atoms with Gasteiger partial charge in [0.2, 0.25) is 0 Å². The van der Waals surface area contributed by atoms with Crippen LogP contribution in [0.3, 0.4) is 0 Å². The first-order chi connectivity index (χ1) is 9.80. The number of nitrogens with zero attached hydrogens (tertiary/aromatic N) is 2. The van der Waals surface area contributed by atoms with E-state index in [2.05, 4.69) is 11.9 Å². The fraction of sp³-hybridized carbons (Fsp3) is 0.733. The number of piperidine rings is 1. The lowest BCUT2D eigenvalue weighted by Gasteiger charge is -2.36. The maximum Gasteiger partial charge on any atom is 0.410 e. The summed E-state index contributed by atoms with van der Waals surface area (Å²) in [6, 6.07) is 0. The number of rotatable bonds is 2. The minimum atomic E-state index is -0.443. The second-order valence-electron chi connectivity index (χ2n) is 6.61. The van der Waals surface area contributed by atoms with E-state index in [0.717, 1.165) is 30.2 Å². The van der Waals surface area contributed by atoms with E-state index < -0.39 is 5.60 Å². The number of alkyl halides is 1. The molecule has 0 saturated carbocycles. The summed E-state index contributed by atoms with van der Waals surface area (Å²) < 4.78 is 5.44. The highest BCUT2D eigenvalue weighted by molar-refractivity contribution is 7.09. The number of hydrogen-bond acceptors (Lipinski definition) is 4. The Labute approximate surface area is 135 Å². The molecular weight excluding hydrogens is 308 g/mol. The van der Waals surface area contributed by atoms with Gasteiger partial charge in [-0.05, 0) is 33.1 Å². The van der Waals surface area contributed by atoms with E-state index in [-0.39, 0.29) is 6.09 Å². The van der Waals surface area contributed by atoms with Gasteiger partial charge in [0.25, 0.3) is 0 Å². The molecule has 6 heteroatoms. The zero-order chi connectivity index (χ0) is 15.6. The van der Waals surface area contributed by atoms with E-state index in [0.29, 0.717) is 17.7 Å². The van der Waals surface area contributed by atoms with E-state index in [1.165, 1.54) is 0 Å². The average molecular weight is 331 g/mol. The molecule has 1 saturated heterocycles. The molecule has 2 atom stereocenters. The van der Waals surface area contributed by atoms with Crippen LogP contribution in [0.15, 0.2) is 5.38 Å². The van der Waals surface area contributed by atoms with E-state index in [9.17, 15) is 4.79 Å². The summed E-state index contributed by atoms with van der Waals surface area (Å²) in [7, 11) is 0. The van der Waals surface area contributed by atoms with Gasteiger partial charge >= 0.3 is 6.09 Å². The normalized spacial score (nSPS) is 23.2. The third-order valence-electron chi connectivity index (χ3n) is 3.58. The van der Waals surface area contributed by atoms with E-state index in [1.54, 1.807) is 11.3 Å². The lowest BCUT2D eigenvalue weighted by atomic mass is 9.87. The maximum atomic E-state index is 12.1. The van der Waals surface area contributed by atoms with Gasteiger partial charge in [-0.3, -0.25) is 0 Å². The number of amides is 1. The number of carbonyl (C=O) groups excluding carboxylic acids is 1. The number of likely N-dealkylation sites (tertiary alicyclic amines) is 1. The number of hydrogen-bond donors (Lipinski definition) is 0. The Morgan fingerprint density at radius 3 is 2.81 bits per heavy atom. The molecule has 0 aromatic carbocycles. The van der Waals surface area contributed by atoms with Crippen LogP contribution in [0.1, 0.15) is 50.7 Å². The molecule has 4 nitrogen and oxygen atoms in total. The molecule has 1 amide bonds. The molecule has 118 valence electrons. The molecule has 2 unspecified atom stereocenters. The van der Waals surface area contributed by atoms with Gasteiger partial charge in [0, 0.05) is 24.4 Å². The molecule has 1 aromatic rings. The Balaban J connectivity index is 1.97. The first-order valence-corrected chi connectivity index (χ1v) is 8.69. The first-order valence-electron chi connectivity index (χ1n) is 7.28. The Morgan fingerprint density at radius 1 is 1.57 bits per heavy atom. The van der Waals surface area contributed by atoms with Crippen molar-refractivity contribution in [3.63, 3.8) is 0 Å². The van der Waals surface area contributed by atoms with Crippen molar-refractivity contribution >= 4 is 29.0 Å². The summed E-state index contributed by atoms with van der Waals surface area (Å²) in [6.07, 6.45) is 0.712. The van der Waals surface area contributed by atoms with Gasteiger partial charge in [0.05, 0.1) is 16.6 Å². The SMILES string of the molecule is CC1CN(C(=O)OC(C)(C)C)CCC1c1nc(CCl)cs1. The Hall–Kier alpha value is -0.810. The summed E-state index contributed by atoms with van der Waals surface area (Å²) in [4.78, 5) is 18.5. The third kappa shape index (κ3) is 4.33. The molecule has 21 heavy (non-hydrogen) atoms. The Kier molecular flexibility index (Phi) is 5.15. The highest BCUT2D eigenvalue weighted by Gasteiger charge is 2.33. The van der Waals surface area contributed by atoms with Gasteiger partial charge in [-0.2, -0.15) is 0 Å².